The number of carbonyl (C=O) groups excluding carboxylic acids is 2. The smallest absolute Gasteiger partial charge is 0.243 e. The van der Waals surface area contributed by atoms with Crippen molar-refractivity contribution >= 4 is 23.0 Å². The highest BCUT2D eigenvalue weighted by molar-refractivity contribution is 6.00. The van der Waals surface area contributed by atoms with Crippen molar-refractivity contribution in [2.24, 2.45) is 5.92 Å². The Kier molecular flexibility index (Phi) is 10.7. The highest BCUT2D eigenvalue weighted by atomic mass is 16.5. The number of carbonyl (C=O) groups is 2. The van der Waals surface area contributed by atoms with Crippen LogP contribution < -0.4 is 14.8 Å². The topological polar surface area (TPSA) is 117 Å². The first-order valence-corrected chi connectivity index (χ1v) is 19.1. The van der Waals surface area contributed by atoms with E-state index in [4.69, 9.17) is 9.47 Å². The van der Waals surface area contributed by atoms with Crippen LogP contribution in [0.25, 0.3) is 22.4 Å². The lowest BCUT2D eigenvalue weighted by Crippen LogP contribution is -2.50. The maximum absolute atomic E-state index is 12.4. The summed E-state index contributed by atoms with van der Waals surface area (Å²) in [6.45, 7) is 7.45. The molecular formula is C45H45N5O5. The molecule has 1 aromatic heterocycles. The van der Waals surface area contributed by atoms with Crippen LogP contribution in [0.2, 0.25) is 0 Å². The number of hydrogen-bond acceptors (Lipinski definition) is 9. The van der Waals surface area contributed by atoms with Crippen molar-refractivity contribution in [3.8, 4) is 28.6 Å². The minimum atomic E-state index is -0.277. The Labute approximate surface area is 321 Å². The normalized spacial score (nSPS) is 17.9. The number of phenolic OH excluding ortho intramolecular Hbond substituents is 1. The molecule has 10 heteroatoms. The number of amides is 2. The van der Waals surface area contributed by atoms with Crippen LogP contribution in [0.4, 0.5) is 0 Å². The van der Waals surface area contributed by atoms with E-state index in [9.17, 15) is 14.7 Å². The Balaban J connectivity index is 0.790. The lowest BCUT2D eigenvalue weighted by atomic mass is 9.88. The lowest BCUT2D eigenvalue weighted by Gasteiger charge is -2.38. The number of nitrogens with zero attached hydrogens (tertiary/aromatic N) is 4. The molecule has 0 saturated carbocycles. The zero-order chi connectivity index (χ0) is 37.7. The van der Waals surface area contributed by atoms with E-state index in [-0.39, 0.29) is 23.6 Å². The summed E-state index contributed by atoms with van der Waals surface area (Å²) in [5.74, 6) is 1.63. The van der Waals surface area contributed by atoms with E-state index in [1.165, 1.54) is 22.3 Å². The molecule has 0 bridgehead atoms. The second kappa shape index (κ2) is 16.3. The van der Waals surface area contributed by atoms with Crippen LogP contribution in [0.15, 0.2) is 109 Å². The van der Waals surface area contributed by atoms with Crippen LogP contribution in [0.3, 0.4) is 0 Å². The zero-order valence-corrected chi connectivity index (χ0v) is 31.0. The molecule has 3 aliphatic heterocycles. The number of phenols is 1. The molecule has 2 N–H and O–H groups in total. The summed E-state index contributed by atoms with van der Waals surface area (Å²) in [6, 6.07) is 32.2. The van der Waals surface area contributed by atoms with Gasteiger partial charge in [-0.1, -0.05) is 73.7 Å². The number of aromatic nitrogens is 2. The Bertz CT molecular complexity index is 2170. The molecule has 280 valence electrons. The van der Waals surface area contributed by atoms with Gasteiger partial charge < -0.3 is 14.6 Å². The second-order valence-electron chi connectivity index (χ2n) is 14.5. The number of likely N-dealkylation sites (tertiary alicyclic amines) is 1. The van der Waals surface area contributed by atoms with Crippen LogP contribution in [-0.4, -0.2) is 75.6 Å². The van der Waals surface area contributed by atoms with Gasteiger partial charge in [-0.05, 0) is 82.1 Å². The molecule has 2 fully saturated rings. The summed E-state index contributed by atoms with van der Waals surface area (Å²) >= 11 is 0. The van der Waals surface area contributed by atoms with Crippen LogP contribution in [0, 0.1) is 5.92 Å². The third kappa shape index (κ3) is 8.30. The number of fused-ring (bicyclic) bond motifs is 1. The number of rotatable bonds is 13. The van der Waals surface area contributed by atoms with E-state index >= 15 is 0 Å². The Morgan fingerprint density at radius 2 is 1.58 bits per heavy atom. The molecular weight excluding hydrogens is 691 g/mol. The first-order valence-electron chi connectivity index (χ1n) is 19.1. The van der Waals surface area contributed by atoms with Crippen molar-refractivity contribution in [3.63, 3.8) is 0 Å². The standard InChI is InChI=1S/C45H45N5O5/c1-2-39(31-6-4-3-5-7-31)44(32-10-14-37(51)15-11-32)33-12-16-38(17-13-33)54-21-20-49-25-30(26-49)29-55-43-24-46-40(23-47-43)34-8-9-35-27-50(28-36(35)22-34)41-18-19-42(52)48-45(41)53/h3-17,22-24,30,41,51H,2,18-21,25-29H2,1H3,(H,48,52,53)/b44-39-. The Morgan fingerprint density at radius 3 is 2.29 bits per heavy atom. The fourth-order valence-corrected chi connectivity index (χ4v) is 7.86. The molecule has 1 atom stereocenters. The fraction of sp³-hybridized carbons (Fsp3) is 0.289. The largest absolute Gasteiger partial charge is 0.508 e. The van der Waals surface area contributed by atoms with Gasteiger partial charge in [-0.15, -0.1) is 0 Å². The molecule has 0 aliphatic carbocycles. The van der Waals surface area contributed by atoms with Gasteiger partial charge in [-0.25, -0.2) is 9.97 Å². The predicted molar refractivity (Wildman–Crippen MR) is 211 cm³/mol. The van der Waals surface area contributed by atoms with Gasteiger partial charge in [0, 0.05) is 50.6 Å². The SMILES string of the molecule is CC/C(=C(\c1ccc(O)cc1)c1ccc(OCCN2CC(COc3cnc(-c4ccc5c(c4)CN(C4CCC(=O)NC4=O)C5)cn3)C2)cc1)c1ccccc1. The molecule has 10 nitrogen and oxygen atoms in total. The predicted octanol–water partition coefficient (Wildman–Crippen LogP) is 6.73. The summed E-state index contributed by atoms with van der Waals surface area (Å²) in [5.41, 5.74) is 9.85. The summed E-state index contributed by atoms with van der Waals surface area (Å²) in [5, 5.41) is 12.4. The van der Waals surface area contributed by atoms with Gasteiger partial charge in [-0.2, -0.15) is 0 Å². The lowest BCUT2D eigenvalue weighted by molar-refractivity contribution is -0.137. The number of imide groups is 1. The molecule has 0 spiro atoms. The minimum Gasteiger partial charge on any atom is -0.508 e. The summed E-state index contributed by atoms with van der Waals surface area (Å²) in [6.07, 6.45) is 5.23. The molecule has 4 heterocycles. The van der Waals surface area contributed by atoms with Gasteiger partial charge >= 0.3 is 0 Å². The number of hydrogen-bond donors (Lipinski definition) is 2. The van der Waals surface area contributed by atoms with Gasteiger partial charge in [0.2, 0.25) is 17.7 Å². The first kappa shape index (κ1) is 36.2. The molecule has 1 unspecified atom stereocenters. The van der Waals surface area contributed by atoms with Crippen molar-refractivity contribution in [1.29, 1.82) is 0 Å². The maximum Gasteiger partial charge on any atom is 0.243 e. The van der Waals surface area contributed by atoms with Gasteiger partial charge in [0.15, 0.2) is 0 Å². The summed E-state index contributed by atoms with van der Waals surface area (Å²) in [7, 11) is 0. The van der Waals surface area contributed by atoms with E-state index in [1.807, 2.05) is 36.4 Å². The molecule has 55 heavy (non-hydrogen) atoms. The average molecular weight is 736 g/mol. The van der Waals surface area contributed by atoms with Gasteiger partial charge in [0.05, 0.1) is 30.7 Å². The van der Waals surface area contributed by atoms with E-state index in [0.717, 1.165) is 59.8 Å². The number of benzene rings is 4. The number of ether oxygens (including phenoxy) is 2. The van der Waals surface area contributed by atoms with Crippen LogP contribution in [-0.2, 0) is 22.7 Å². The summed E-state index contributed by atoms with van der Waals surface area (Å²) in [4.78, 5) is 37.6. The molecule has 4 aromatic carbocycles. The van der Waals surface area contributed by atoms with Crippen LogP contribution in [0.5, 0.6) is 17.4 Å². The summed E-state index contributed by atoms with van der Waals surface area (Å²) < 4.78 is 12.1. The second-order valence-corrected chi connectivity index (χ2v) is 14.5. The first-order chi connectivity index (χ1) is 26.9. The monoisotopic (exact) mass is 735 g/mol. The van der Waals surface area contributed by atoms with E-state index in [1.54, 1.807) is 24.5 Å². The van der Waals surface area contributed by atoms with Gasteiger partial charge in [0.25, 0.3) is 0 Å². The number of nitrogens with one attached hydrogen (secondary N) is 1. The third-order valence-electron chi connectivity index (χ3n) is 10.8. The molecule has 0 radical (unpaired) electrons. The van der Waals surface area contributed by atoms with Crippen molar-refractivity contribution in [2.75, 3.05) is 32.8 Å². The van der Waals surface area contributed by atoms with Crippen molar-refractivity contribution in [1.82, 2.24) is 25.1 Å². The number of aromatic hydroxyl groups is 1. The number of allylic oxidation sites excluding steroid dienone is 1. The number of piperidine rings is 1. The van der Waals surface area contributed by atoms with E-state index in [0.29, 0.717) is 50.9 Å². The van der Waals surface area contributed by atoms with Gasteiger partial charge in [0.1, 0.15) is 18.1 Å². The molecule has 8 rings (SSSR count). The maximum atomic E-state index is 12.4. The molecule has 2 saturated heterocycles. The Morgan fingerprint density at radius 1 is 0.836 bits per heavy atom. The van der Waals surface area contributed by atoms with Crippen molar-refractivity contribution in [2.45, 2.75) is 45.3 Å². The zero-order valence-electron chi connectivity index (χ0n) is 31.0. The fourth-order valence-electron chi connectivity index (χ4n) is 7.86. The molecule has 5 aromatic rings. The minimum absolute atomic E-state index is 0.192. The highest BCUT2D eigenvalue weighted by Gasteiger charge is 2.35. The highest BCUT2D eigenvalue weighted by Crippen LogP contribution is 2.36. The average Bonchev–Trinajstić information content (AvgIpc) is 3.62. The van der Waals surface area contributed by atoms with Gasteiger partial charge in [-0.3, -0.25) is 24.7 Å². The van der Waals surface area contributed by atoms with E-state index < -0.39 is 0 Å². The van der Waals surface area contributed by atoms with Crippen LogP contribution >= 0.6 is 0 Å². The molecule has 2 amide bonds. The van der Waals surface area contributed by atoms with Crippen LogP contribution in [0.1, 0.15) is 54.0 Å². The molecule has 3 aliphatic rings. The van der Waals surface area contributed by atoms with E-state index in [2.05, 4.69) is 80.5 Å². The Hall–Kier alpha value is -5.84. The quantitative estimate of drug-likeness (QED) is 0.100. The van der Waals surface area contributed by atoms with Crippen molar-refractivity contribution in [3.05, 3.63) is 137 Å². The van der Waals surface area contributed by atoms with Crippen molar-refractivity contribution < 1.29 is 24.2 Å². The third-order valence-corrected chi connectivity index (χ3v) is 10.8.